The number of hydrogen-bond acceptors (Lipinski definition) is 3. The molecule has 2 aliphatic carbocycles. The molecule has 0 radical (unpaired) electrons. The SMILES string of the molecule is CC(C(=O)NC1CCCC1)N1CC2CCC(N)C2C1. The van der Waals surface area contributed by atoms with Crippen LogP contribution in [0.2, 0.25) is 0 Å². The van der Waals surface area contributed by atoms with E-state index in [9.17, 15) is 4.79 Å². The zero-order valence-corrected chi connectivity index (χ0v) is 12.0. The topological polar surface area (TPSA) is 58.4 Å². The fourth-order valence-corrected chi connectivity index (χ4v) is 4.22. The number of amides is 1. The van der Waals surface area contributed by atoms with E-state index < -0.39 is 0 Å². The van der Waals surface area contributed by atoms with E-state index in [4.69, 9.17) is 5.73 Å². The Bertz CT molecular complexity index is 340. The van der Waals surface area contributed by atoms with Gasteiger partial charge in [0.05, 0.1) is 6.04 Å². The van der Waals surface area contributed by atoms with Gasteiger partial charge in [0.2, 0.25) is 5.91 Å². The first-order valence-electron chi connectivity index (χ1n) is 7.95. The van der Waals surface area contributed by atoms with Crippen LogP contribution in [0.5, 0.6) is 0 Å². The van der Waals surface area contributed by atoms with Crippen LogP contribution in [0.3, 0.4) is 0 Å². The highest BCUT2D eigenvalue weighted by Crippen LogP contribution is 2.37. The summed E-state index contributed by atoms with van der Waals surface area (Å²) in [7, 11) is 0. The summed E-state index contributed by atoms with van der Waals surface area (Å²) in [5.74, 6) is 1.58. The maximum Gasteiger partial charge on any atom is 0.237 e. The molecule has 1 heterocycles. The van der Waals surface area contributed by atoms with Gasteiger partial charge < -0.3 is 11.1 Å². The van der Waals surface area contributed by atoms with Gasteiger partial charge in [0.1, 0.15) is 0 Å². The second kappa shape index (κ2) is 5.41. The van der Waals surface area contributed by atoms with Crippen LogP contribution in [0.15, 0.2) is 0 Å². The fraction of sp³-hybridized carbons (Fsp3) is 0.933. The summed E-state index contributed by atoms with van der Waals surface area (Å²) >= 11 is 0. The smallest absolute Gasteiger partial charge is 0.237 e. The van der Waals surface area contributed by atoms with Gasteiger partial charge in [-0.15, -0.1) is 0 Å². The lowest BCUT2D eigenvalue weighted by Gasteiger charge is -2.26. The molecule has 1 amide bonds. The molecule has 4 nitrogen and oxygen atoms in total. The van der Waals surface area contributed by atoms with E-state index in [1.165, 1.54) is 25.7 Å². The zero-order valence-electron chi connectivity index (χ0n) is 12.0. The number of hydrogen-bond donors (Lipinski definition) is 2. The van der Waals surface area contributed by atoms with Gasteiger partial charge in [-0.05, 0) is 44.4 Å². The molecule has 1 aliphatic heterocycles. The quantitative estimate of drug-likeness (QED) is 0.803. The molecular weight excluding hydrogens is 238 g/mol. The Morgan fingerprint density at radius 1 is 1.21 bits per heavy atom. The summed E-state index contributed by atoms with van der Waals surface area (Å²) in [6.07, 6.45) is 7.28. The lowest BCUT2D eigenvalue weighted by Crippen LogP contribution is -2.47. The maximum atomic E-state index is 12.3. The third-order valence-corrected chi connectivity index (χ3v) is 5.57. The lowest BCUT2D eigenvalue weighted by atomic mass is 9.98. The molecular formula is C15H27N3O. The summed E-state index contributed by atoms with van der Waals surface area (Å²) in [6, 6.07) is 0.804. The van der Waals surface area contributed by atoms with Gasteiger partial charge >= 0.3 is 0 Å². The molecule has 4 atom stereocenters. The number of nitrogens with zero attached hydrogens (tertiary/aromatic N) is 1. The van der Waals surface area contributed by atoms with Crippen molar-refractivity contribution in [2.45, 2.75) is 63.6 Å². The zero-order chi connectivity index (χ0) is 13.4. The first kappa shape index (κ1) is 13.4. The summed E-state index contributed by atoms with van der Waals surface area (Å²) in [4.78, 5) is 14.6. The molecule has 3 rings (SSSR count). The molecule has 0 aromatic rings. The van der Waals surface area contributed by atoms with Crippen LogP contribution in [0.25, 0.3) is 0 Å². The van der Waals surface area contributed by atoms with E-state index >= 15 is 0 Å². The van der Waals surface area contributed by atoms with E-state index in [1.54, 1.807) is 0 Å². The van der Waals surface area contributed by atoms with Gasteiger partial charge in [-0.1, -0.05) is 12.8 Å². The predicted octanol–water partition coefficient (Wildman–Crippen LogP) is 1.10. The van der Waals surface area contributed by atoms with Crippen LogP contribution in [-0.2, 0) is 4.79 Å². The van der Waals surface area contributed by atoms with E-state index in [0.717, 1.165) is 31.8 Å². The largest absolute Gasteiger partial charge is 0.352 e. The third kappa shape index (κ3) is 2.65. The number of carbonyl (C=O) groups excluding carboxylic acids is 1. The van der Waals surface area contributed by atoms with Gasteiger partial charge in [-0.25, -0.2) is 0 Å². The average Bonchev–Trinajstić information content (AvgIpc) is 3.08. The van der Waals surface area contributed by atoms with Gasteiger partial charge in [0, 0.05) is 25.2 Å². The Morgan fingerprint density at radius 2 is 1.95 bits per heavy atom. The molecule has 3 N–H and O–H groups in total. The van der Waals surface area contributed by atoms with Gasteiger partial charge in [0.15, 0.2) is 0 Å². The second-order valence-corrected chi connectivity index (χ2v) is 6.78. The van der Waals surface area contributed by atoms with Crippen LogP contribution in [-0.4, -0.2) is 42.0 Å². The summed E-state index contributed by atoms with van der Waals surface area (Å²) in [5, 5.41) is 3.22. The van der Waals surface area contributed by atoms with Crippen LogP contribution in [0.1, 0.15) is 45.4 Å². The first-order chi connectivity index (χ1) is 9.15. The number of nitrogens with one attached hydrogen (secondary N) is 1. The Hall–Kier alpha value is -0.610. The normalized spacial score (nSPS) is 37.5. The molecule has 3 aliphatic rings. The van der Waals surface area contributed by atoms with Crippen LogP contribution >= 0.6 is 0 Å². The molecule has 2 saturated carbocycles. The summed E-state index contributed by atoms with van der Waals surface area (Å²) in [6.45, 7) is 4.14. The summed E-state index contributed by atoms with van der Waals surface area (Å²) < 4.78 is 0. The van der Waals surface area contributed by atoms with Crippen molar-refractivity contribution in [3.63, 3.8) is 0 Å². The number of rotatable bonds is 3. The fourth-order valence-electron chi connectivity index (χ4n) is 4.22. The minimum atomic E-state index is 0.0124. The van der Waals surface area contributed by atoms with Gasteiger partial charge in [-0.3, -0.25) is 9.69 Å². The summed E-state index contributed by atoms with van der Waals surface area (Å²) in [5.41, 5.74) is 6.16. The highest BCUT2D eigenvalue weighted by atomic mass is 16.2. The molecule has 0 aromatic carbocycles. The van der Waals surface area contributed by atoms with Crippen molar-refractivity contribution in [1.82, 2.24) is 10.2 Å². The number of nitrogens with two attached hydrogens (primary N) is 1. The number of fused-ring (bicyclic) bond motifs is 1. The third-order valence-electron chi connectivity index (χ3n) is 5.57. The van der Waals surface area contributed by atoms with Gasteiger partial charge in [-0.2, -0.15) is 0 Å². The molecule has 3 fully saturated rings. The monoisotopic (exact) mass is 265 g/mol. The van der Waals surface area contributed by atoms with E-state index in [-0.39, 0.29) is 11.9 Å². The molecule has 0 bridgehead atoms. The van der Waals surface area contributed by atoms with Crippen LogP contribution in [0.4, 0.5) is 0 Å². The average molecular weight is 265 g/mol. The van der Waals surface area contributed by atoms with E-state index in [1.807, 2.05) is 0 Å². The van der Waals surface area contributed by atoms with Crippen molar-refractivity contribution >= 4 is 5.91 Å². The minimum Gasteiger partial charge on any atom is -0.352 e. The Balaban J connectivity index is 1.53. The minimum absolute atomic E-state index is 0.0124. The van der Waals surface area contributed by atoms with Gasteiger partial charge in [0.25, 0.3) is 0 Å². The first-order valence-corrected chi connectivity index (χ1v) is 7.95. The van der Waals surface area contributed by atoms with Crippen molar-refractivity contribution in [2.24, 2.45) is 17.6 Å². The van der Waals surface area contributed by atoms with Crippen molar-refractivity contribution in [3.05, 3.63) is 0 Å². The molecule has 0 spiro atoms. The molecule has 19 heavy (non-hydrogen) atoms. The number of likely N-dealkylation sites (tertiary alicyclic amines) is 1. The molecule has 108 valence electrons. The predicted molar refractivity (Wildman–Crippen MR) is 75.6 cm³/mol. The maximum absolute atomic E-state index is 12.3. The highest BCUT2D eigenvalue weighted by Gasteiger charge is 2.43. The van der Waals surface area contributed by atoms with E-state index in [2.05, 4.69) is 17.1 Å². The van der Waals surface area contributed by atoms with Crippen molar-refractivity contribution in [3.8, 4) is 0 Å². The Morgan fingerprint density at radius 3 is 2.63 bits per heavy atom. The van der Waals surface area contributed by atoms with E-state index in [0.29, 0.717) is 18.0 Å². The lowest BCUT2D eigenvalue weighted by molar-refractivity contribution is -0.126. The molecule has 1 saturated heterocycles. The molecule has 4 heteroatoms. The highest BCUT2D eigenvalue weighted by molar-refractivity contribution is 5.81. The Kier molecular flexibility index (Phi) is 3.81. The Labute approximate surface area is 116 Å². The second-order valence-electron chi connectivity index (χ2n) is 6.78. The van der Waals surface area contributed by atoms with Crippen molar-refractivity contribution in [2.75, 3.05) is 13.1 Å². The molecule has 0 aromatic heterocycles. The standard InChI is InChI=1S/C15H27N3O/c1-10(15(19)17-12-4-2-3-5-12)18-8-11-6-7-14(16)13(11)9-18/h10-14H,2-9,16H2,1H3,(H,17,19). The van der Waals surface area contributed by atoms with Crippen molar-refractivity contribution in [1.29, 1.82) is 0 Å². The molecule has 4 unspecified atom stereocenters. The van der Waals surface area contributed by atoms with Crippen LogP contribution < -0.4 is 11.1 Å². The van der Waals surface area contributed by atoms with Crippen molar-refractivity contribution < 1.29 is 4.79 Å². The number of carbonyl (C=O) groups is 1. The van der Waals surface area contributed by atoms with Crippen LogP contribution in [0, 0.1) is 11.8 Å².